The third-order valence-corrected chi connectivity index (χ3v) is 9.85. The Morgan fingerprint density at radius 1 is 0.744 bits per heavy atom. The van der Waals surface area contributed by atoms with Crippen molar-refractivity contribution >= 4 is 12.4 Å². The highest BCUT2D eigenvalue weighted by Crippen LogP contribution is 2.49. The summed E-state index contributed by atoms with van der Waals surface area (Å²) in [5.41, 5.74) is 7.26. The van der Waals surface area contributed by atoms with E-state index in [1.807, 2.05) is 0 Å². The summed E-state index contributed by atoms with van der Waals surface area (Å²) in [4.78, 5) is 3.56. The van der Waals surface area contributed by atoms with Crippen molar-refractivity contribution in [3.05, 3.63) is 69.1 Å². The number of benzene rings is 2. The number of ether oxygens (including phenoxy) is 2. The van der Waals surface area contributed by atoms with Crippen LogP contribution in [0.1, 0.15) is 134 Å². The second-order valence-corrected chi connectivity index (χ2v) is 16.3. The number of fused-ring (bicyclic) bond motifs is 5. The molecule has 2 aromatic carbocycles. The SMILES string of the molecule is [C-]#[N+]CCCCc1cc2c(c(C(C)(C)C)c1)OC13Oc4c(cc(C(C)(C)C)cc4C(C)(C)C)C=[N+]1C1CCCCC1[N+]3=C2. The van der Waals surface area contributed by atoms with Gasteiger partial charge in [-0.3, -0.25) is 0 Å². The molecule has 6 rings (SSSR count). The van der Waals surface area contributed by atoms with Gasteiger partial charge in [-0.15, -0.1) is 0 Å². The average molecular weight is 582 g/mol. The zero-order valence-corrected chi connectivity index (χ0v) is 27.9. The summed E-state index contributed by atoms with van der Waals surface area (Å²) in [6.07, 6.45) is 12.4. The maximum absolute atomic E-state index is 7.35. The lowest BCUT2D eigenvalue weighted by atomic mass is 9.79. The van der Waals surface area contributed by atoms with Crippen molar-refractivity contribution in [3.8, 4) is 11.5 Å². The fraction of sp³-hybridized carbons (Fsp3) is 0.605. The van der Waals surface area contributed by atoms with Crippen LogP contribution in [0.4, 0.5) is 0 Å². The first-order valence-electron chi connectivity index (χ1n) is 16.5. The average Bonchev–Trinajstić information content (AvgIpc) is 3.19. The summed E-state index contributed by atoms with van der Waals surface area (Å²) in [6, 6.07) is 9.00. The second kappa shape index (κ2) is 10.2. The first kappa shape index (κ1) is 29.9. The molecule has 3 atom stereocenters. The minimum Gasteiger partial charge on any atom is -0.340 e. The summed E-state index contributed by atoms with van der Waals surface area (Å²) in [7, 11) is 0. The van der Waals surface area contributed by atoms with E-state index in [-0.39, 0.29) is 16.2 Å². The molecule has 3 aliphatic heterocycles. The number of unbranched alkanes of at least 4 members (excludes halogenated alkanes) is 1. The van der Waals surface area contributed by atoms with Gasteiger partial charge in [0.2, 0.25) is 18.6 Å². The van der Waals surface area contributed by atoms with Crippen LogP contribution in [0.2, 0.25) is 0 Å². The molecular formula is C38H51N3O2+2. The van der Waals surface area contributed by atoms with Gasteiger partial charge in [-0.05, 0) is 65.2 Å². The van der Waals surface area contributed by atoms with Gasteiger partial charge < -0.3 is 14.3 Å². The van der Waals surface area contributed by atoms with E-state index in [0.717, 1.165) is 54.7 Å². The van der Waals surface area contributed by atoms with Gasteiger partial charge in [0.1, 0.15) is 0 Å². The molecule has 0 radical (unpaired) electrons. The molecule has 228 valence electrons. The standard InChI is InChI=1S/C38H51N3O2/c1-35(2,3)28-21-27-24-41-32-17-12-11-16-31(32)40-23-26-19-25(15-13-14-18-39-10)20-29(36(4,5)6)33(26)42-38(40,41)43-34(27)30(22-28)37(7,8)9/h19-24,31-32H,11-18H2,1-9H3/q+2. The molecule has 2 aromatic rings. The van der Waals surface area contributed by atoms with Crippen LogP contribution in [0, 0.1) is 6.57 Å². The zero-order chi connectivity index (χ0) is 30.9. The lowest BCUT2D eigenvalue weighted by Gasteiger charge is -2.34. The Hall–Kier alpha value is -3.13. The first-order chi connectivity index (χ1) is 20.1. The van der Waals surface area contributed by atoms with Gasteiger partial charge in [-0.1, -0.05) is 83.6 Å². The van der Waals surface area contributed by atoms with Crippen LogP contribution in [0.15, 0.2) is 24.3 Å². The van der Waals surface area contributed by atoms with Crippen LogP contribution < -0.4 is 9.47 Å². The van der Waals surface area contributed by atoms with Gasteiger partial charge in [0.15, 0.2) is 23.9 Å². The van der Waals surface area contributed by atoms with Crippen LogP contribution in [0.3, 0.4) is 0 Å². The fourth-order valence-corrected chi connectivity index (χ4v) is 7.44. The Morgan fingerprint density at radius 3 is 1.79 bits per heavy atom. The molecule has 5 nitrogen and oxygen atoms in total. The Labute approximate surface area is 259 Å². The van der Waals surface area contributed by atoms with Crippen molar-refractivity contribution in [2.24, 2.45) is 0 Å². The maximum atomic E-state index is 7.35. The Balaban J connectivity index is 1.55. The predicted molar refractivity (Wildman–Crippen MR) is 174 cm³/mol. The predicted octanol–water partition coefficient (Wildman–Crippen LogP) is 8.10. The highest BCUT2D eigenvalue weighted by Gasteiger charge is 2.76. The first-order valence-corrected chi connectivity index (χ1v) is 16.5. The van der Waals surface area contributed by atoms with Crippen molar-refractivity contribution < 1.29 is 18.6 Å². The molecular weight excluding hydrogens is 530 g/mol. The Bertz CT molecular complexity index is 1550. The van der Waals surface area contributed by atoms with E-state index < -0.39 is 6.03 Å². The van der Waals surface area contributed by atoms with Gasteiger partial charge in [-0.25, -0.2) is 6.57 Å². The molecule has 0 N–H and O–H groups in total. The van der Waals surface area contributed by atoms with Crippen LogP contribution >= 0.6 is 0 Å². The van der Waals surface area contributed by atoms with Gasteiger partial charge in [-0.2, -0.15) is 0 Å². The molecule has 2 fully saturated rings. The quantitative estimate of drug-likeness (QED) is 0.207. The highest BCUT2D eigenvalue weighted by molar-refractivity contribution is 5.85. The minimum absolute atomic E-state index is 0.0335. The number of hydrogen-bond acceptors (Lipinski definition) is 2. The summed E-state index contributed by atoms with van der Waals surface area (Å²) in [5.74, 6) is 1.89. The smallest absolute Gasteiger partial charge is 0.340 e. The largest absolute Gasteiger partial charge is 0.704 e. The number of aryl methyl sites for hydroxylation is 1. The van der Waals surface area contributed by atoms with Gasteiger partial charge >= 0.3 is 6.03 Å². The molecule has 1 spiro atoms. The Kier molecular flexibility index (Phi) is 7.11. The molecule has 0 aromatic heterocycles. The normalized spacial score (nSPS) is 24.2. The van der Waals surface area contributed by atoms with E-state index in [9.17, 15) is 0 Å². The van der Waals surface area contributed by atoms with E-state index in [2.05, 4.69) is 113 Å². The van der Waals surface area contributed by atoms with Crippen LogP contribution in [-0.4, -0.2) is 46.2 Å². The summed E-state index contributed by atoms with van der Waals surface area (Å²) >= 11 is 0. The van der Waals surface area contributed by atoms with Gasteiger partial charge in [0.25, 0.3) is 0 Å². The molecule has 1 aliphatic carbocycles. The van der Waals surface area contributed by atoms with Crippen LogP contribution in [0.25, 0.3) is 4.85 Å². The van der Waals surface area contributed by atoms with Crippen LogP contribution in [-0.2, 0) is 22.7 Å². The third kappa shape index (κ3) is 5.09. The minimum atomic E-state index is -1.04. The third-order valence-electron chi connectivity index (χ3n) is 9.85. The molecule has 1 saturated carbocycles. The molecule has 43 heavy (non-hydrogen) atoms. The Morgan fingerprint density at radius 2 is 1.28 bits per heavy atom. The lowest BCUT2D eigenvalue weighted by Crippen LogP contribution is -2.60. The second-order valence-electron chi connectivity index (χ2n) is 16.3. The monoisotopic (exact) mass is 581 g/mol. The molecule has 5 heteroatoms. The maximum Gasteiger partial charge on any atom is 0.704 e. The summed E-state index contributed by atoms with van der Waals surface area (Å²) in [5, 5.41) is 0. The number of rotatable bonds is 4. The van der Waals surface area contributed by atoms with E-state index in [1.165, 1.54) is 35.1 Å². The van der Waals surface area contributed by atoms with E-state index in [0.29, 0.717) is 18.6 Å². The van der Waals surface area contributed by atoms with E-state index in [1.54, 1.807) is 0 Å². The number of nitrogens with zero attached hydrogens (tertiary/aromatic N) is 3. The van der Waals surface area contributed by atoms with Crippen molar-refractivity contribution in [1.29, 1.82) is 0 Å². The zero-order valence-electron chi connectivity index (χ0n) is 27.9. The highest BCUT2D eigenvalue weighted by atomic mass is 16.7. The fourth-order valence-electron chi connectivity index (χ4n) is 7.44. The van der Waals surface area contributed by atoms with Gasteiger partial charge in [0, 0.05) is 30.4 Å². The van der Waals surface area contributed by atoms with Crippen LogP contribution in [0.5, 0.6) is 11.5 Å². The van der Waals surface area contributed by atoms with E-state index >= 15 is 0 Å². The molecule has 4 aliphatic rings. The van der Waals surface area contributed by atoms with Crippen molar-refractivity contribution in [3.63, 3.8) is 0 Å². The molecule has 3 unspecified atom stereocenters. The molecule has 3 heterocycles. The lowest BCUT2D eigenvalue weighted by molar-refractivity contribution is -0.866. The van der Waals surface area contributed by atoms with E-state index in [4.69, 9.17) is 16.0 Å². The molecule has 1 saturated heterocycles. The topological polar surface area (TPSA) is 28.8 Å². The summed E-state index contributed by atoms with van der Waals surface area (Å²) in [6.45, 7) is 28.3. The van der Waals surface area contributed by atoms with Crippen molar-refractivity contribution in [2.45, 2.75) is 142 Å². The number of hydrogen-bond donors (Lipinski definition) is 0. The summed E-state index contributed by atoms with van der Waals surface area (Å²) < 4.78 is 19.6. The van der Waals surface area contributed by atoms with Crippen molar-refractivity contribution in [1.82, 2.24) is 0 Å². The van der Waals surface area contributed by atoms with Gasteiger partial charge in [0.05, 0.1) is 11.1 Å². The molecule has 0 bridgehead atoms. The van der Waals surface area contributed by atoms with Crippen molar-refractivity contribution in [2.75, 3.05) is 6.54 Å². The molecule has 0 amide bonds.